The third kappa shape index (κ3) is 7.74. The Kier molecular flexibility index (Phi) is 10.0. The predicted molar refractivity (Wildman–Crippen MR) is 141 cm³/mol. The molecule has 0 bridgehead atoms. The van der Waals surface area contributed by atoms with Gasteiger partial charge in [-0.25, -0.2) is 0 Å². The van der Waals surface area contributed by atoms with Crippen LogP contribution in [0.5, 0.6) is 5.75 Å². The first-order valence-electron chi connectivity index (χ1n) is 11.6. The number of para-hydroxylation sites is 1. The van der Waals surface area contributed by atoms with Crippen molar-refractivity contribution < 1.29 is 14.3 Å². The number of nitrogens with one attached hydrogen (secondary N) is 1. The summed E-state index contributed by atoms with van der Waals surface area (Å²) in [5, 5.41) is 3.90. The number of nitrogens with zero attached hydrogens (tertiary/aromatic N) is 1. The van der Waals surface area contributed by atoms with Crippen molar-refractivity contribution in [1.82, 2.24) is 10.2 Å². The van der Waals surface area contributed by atoms with E-state index in [0.717, 1.165) is 12.0 Å². The van der Waals surface area contributed by atoms with Crippen LogP contribution in [0.3, 0.4) is 0 Å². The minimum Gasteiger partial charge on any atom is -0.484 e. The Morgan fingerprint density at radius 1 is 0.914 bits per heavy atom. The first-order valence-corrected chi connectivity index (χ1v) is 12.4. The second kappa shape index (κ2) is 13.2. The molecular formula is C28H30Cl2N2O3. The third-order valence-corrected chi connectivity index (χ3v) is 6.48. The number of carbonyl (C=O) groups is 2. The van der Waals surface area contributed by atoms with Gasteiger partial charge in [0, 0.05) is 34.6 Å². The van der Waals surface area contributed by atoms with Crippen LogP contribution in [0.25, 0.3) is 0 Å². The zero-order valence-electron chi connectivity index (χ0n) is 19.9. The maximum Gasteiger partial charge on any atom is 0.261 e. The van der Waals surface area contributed by atoms with Crippen LogP contribution in [0.15, 0.2) is 78.9 Å². The molecule has 184 valence electrons. The van der Waals surface area contributed by atoms with Gasteiger partial charge >= 0.3 is 0 Å². The number of hydrogen-bond acceptors (Lipinski definition) is 3. The van der Waals surface area contributed by atoms with Gasteiger partial charge < -0.3 is 15.0 Å². The molecule has 0 fully saturated rings. The van der Waals surface area contributed by atoms with Crippen LogP contribution in [0, 0.1) is 0 Å². The fourth-order valence-corrected chi connectivity index (χ4v) is 4.11. The molecule has 2 unspecified atom stereocenters. The molecule has 3 rings (SSSR count). The number of carbonyl (C=O) groups excluding carboxylic acids is 2. The molecule has 0 aromatic heterocycles. The highest BCUT2D eigenvalue weighted by Crippen LogP contribution is 2.27. The molecule has 2 atom stereocenters. The molecule has 2 amide bonds. The van der Waals surface area contributed by atoms with Gasteiger partial charge in [-0.15, -0.1) is 0 Å². The van der Waals surface area contributed by atoms with Crippen LogP contribution >= 0.6 is 23.2 Å². The maximum atomic E-state index is 13.6. The average molecular weight is 513 g/mol. The van der Waals surface area contributed by atoms with E-state index in [9.17, 15) is 9.59 Å². The zero-order valence-corrected chi connectivity index (χ0v) is 21.4. The van der Waals surface area contributed by atoms with Gasteiger partial charge in [-0.2, -0.15) is 0 Å². The topological polar surface area (TPSA) is 58.6 Å². The molecule has 7 heteroatoms. The SMILES string of the molecule is CCC(C)NC(=O)C(Cc1ccccc1)N(Cc1c(Cl)cccc1Cl)C(=O)COc1ccccc1. The molecule has 0 heterocycles. The summed E-state index contributed by atoms with van der Waals surface area (Å²) in [5.74, 6) is -0.00949. The average Bonchev–Trinajstić information content (AvgIpc) is 2.87. The molecule has 35 heavy (non-hydrogen) atoms. The van der Waals surface area contributed by atoms with Crippen LogP contribution < -0.4 is 10.1 Å². The lowest BCUT2D eigenvalue weighted by atomic mass is 10.0. The van der Waals surface area contributed by atoms with E-state index in [1.807, 2.05) is 62.4 Å². The van der Waals surface area contributed by atoms with Gasteiger partial charge in [0.05, 0.1) is 0 Å². The zero-order chi connectivity index (χ0) is 25.2. The van der Waals surface area contributed by atoms with Gasteiger partial charge in [-0.3, -0.25) is 9.59 Å². The van der Waals surface area contributed by atoms with Crippen molar-refractivity contribution in [2.75, 3.05) is 6.61 Å². The minimum atomic E-state index is -0.786. The Balaban J connectivity index is 1.96. The summed E-state index contributed by atoms with van der Waals surface area (Å²) < 4.78 is 5.74. The fourth-order valence-electron chi connectivity index (χ4n) is 3.59. The fraction of sp³-hybridized carbons (Fsp3) is 0.286. The number of amides is 2. The predicted octanol–water partition coefficient (Wildman–Crippen LogP) is 5.93. The molecule has 1 N–H and O–H groups in total. The van der Waals surface area contributed by atoms with Crippen LogP contribution in [0.1, 0.15) is 31.4 Å². The Morgan fingerprint density at radius 3 is 2.11 bits per heavy atom. The van der Waals surface area contributed by atoms with Crippen molar-refractivity contribution in [3.63, 3.8) is 0 Å². The smallest absolute Gasteiger partial charge is 0.261 e. The molecule has 0 saturated carbocycles. The van der Waals surface area contributed by atoms with Crippen molar-refractivity contribution in [3.05, 3.63) is 100 Å². The standard InChI is InChI=1S/C28H30Cl2N2O3/c1-3-20(2)31-28(34)26(17-21-11-6-4-7-12-21)32(18-23-24(29)15-10-16-25(23)30)27(33)19-35-22-13-8-5-9-14-22/h4-16,20,26H,3,17-19H2,1-2H3,(H,31,34). The van der Waals surface area contributed by atoms with E-state index in [0.29, 0.717) is 27.8 Å². The van der Waals surface area contributed by atoms with E-state index in [2.05, 4.69) is 5.32 Å². The highest BCUT2D eigenvalue weighted by molar-refractivity contribution is 6.36. The van der Waals surface area contributed by atoms with E-state index >= 15 is 0 Å². The van der Waals surface area contributed by atoms with Gasteiger partial charge in [-0.1, -0.05) is 84.7 Å². The van der Waals surface area contributed by atoms with Gasteiger partial charge in [0.25, 0.3) is 5.91 Å². The Bertz CT molecular complexity index is 1090. The van der Waals surface area contributed by atoms with Crippen LogP contribution in [0.4, 0.5) is 0 Å². The van der Waals surface area contributed by atoms with Crippen molar-refractivity contribution in [2.45, 2.75) is 45.3 Å². The third-order valence-electron chi connectivity index (χ3n) is 5.77. The molecule has 3 aromatic carbocycles. The van der Waals surface area contributed by atoms with Gasteiger partial charge in [-0.05, 0) is 43.2 Å². The summed E-state index contributed by atoms with van der Waals surface area (Å²) >= 11 is 12.9. The molecule has 0 spiro atoms. The van der Waals surface area contributed by atoms with E-state index < -0.39 is 6.04 Å². The molecule has 0 saturated heterocycles. The van der Waals surface area contributed by atoms with E-state index in [1.165, 1.54) is 4.90 Å². The van der Waals surface area contributed by atoms with Crippen LogP contribution in [0.2, 0.25) is 10.0 Å². The summed E-state index contributed by atoms with van der Waals surface area (Å²) in [7, 11) is 0. The summed E-state index contributed by atoms with van der Waals surface area (Å²) in [6, 6.07) is 23.1. The van der Waals surface area contributed by atoms with E-state index in [-0.39, 0.29) is 31.0 Å². The summed E-state index contributed by atoms with van der Waals surface area (Å²) in [5.41, 5.74) is 1.52. The monoisotopic (exact) mass is 512 g/mol. The lowest BCUT2D eigenvalue weighted by Gasteiger charge is -2.32. The number of rotatable bonds is 11. The highest BCUT2D eigenvalue weighted by Gasteiger charge is 2.32. The molecule has 0 radical (unpaired) electrons. The lowest BCUT2D eigenvalue weighted by molar-refractivity contribution is -0.143. The second-order valence-electron chi connectivity index (χ2n) is 8.35. The van der Waals surface area contributed by atoms with Crippen molar-refractivity contribution in [1.29, 1.82) is 0 Å². The molecule has 0 aliphatic carbocycles. The van der Waals surface area contributed by atoms with Crippen LogP contribution in [-0.4, -0.2) is 35.4 Å². The molecular weight excluding hydrogens is 483 g/mol. The Labute approximate surface area is 217 Å². The number of benzene rings is 3. The minimum absolute atomic E-state index is 0.0396. The quantitative estimate of drug-likeness (QED) is 0.346. The maximum absolute atomic E-state index is 13.6. The number of halogens is 2. The summed E-state index contributed by atoms with van der Waals surface area (Å²) in [6.07, 6.45) is 1.10. The lowest BCUT2D eigenvalue weighted by Crippen LogP contribution is -2.53. The number of ether oxygens (including phenoxy) is 1. The second-order valence-corrected chi connectivity index (χ2v) is 9.16. The van der Waals surface area contributed by atoms with Gasteiger partial charge in [0.2, 0.25) is 5.91 Å². The Morgan fingerprint density at radius 2 is 1.51 bits per heavy atom. The van der Waals surface area contributed by atoms with Crippen LogP contribution in [-0.2, 0) is 22.6 Å². The van der Waals surface area contributed by atoms with E-state index in [4.69, 9.17) is 27.9 Å². The van der Waals surface area contributed by atoms with Crippen molar-refractivity contribution in [2.24, 2.45) is 0 Å². The van der Waals surface area contributed by atoms with Crippen molar-refractivity contribution in [3.8, 4) is 5.75 Å². The Hall–Kier alpha value is -3.02. The molecule has 5 nitrogen and oxygen atoms in total. The van der Waals surface area contributed by atoms with Crippen molar-refractivity contribution >= 4 is 35.0 Å². The van der Waals surface area contributed by atoms with Gasteiger partial charge in [0.1, 0.15) is 11.8 Å². The first-order chi connectivity index (χ1) is 16.9. The highest BCUT2D eigenvalue weighted by atomic mass is 35.5. The van der Waals surface area contributed by atoms with Gasteiger partial charge in [0.15, 0.2) is 6.61 Å². The number of hydrogen-bond donors (Lipinski definition) is 1. The molecule has 3 aromatic rings. The summed E-state index contributed by atoms with van der Waals surface area (Å²) in [6.45, 7) is 3.78. The van der Waals surface area contributed by atoms with E-state index in [1.54, 1.807) is 30.3 Å². The molecule has 0 aliphatic rings. The summed E-state index contributed by atoms with van der Waals surface area (Å²) in [4.78, 5) is 28.6. The first kappa shape index (κ1) is 26.6. The normalized spacial score (nSPS) is 12.5. The molecule has 0 aliphatic heterocycles. The largest absolute Gasteiger partial charge is 0.484 e.